The highest BCUT2D eigenvalue weighted by Crippen LogP contribution is 2.35. The zero-order chi connectivity index (χ0) is 25.0. The molecule has 0 spiro atoms. The molecule has 1 saturated heterocycles. The van der Waals surface area contributed by atoms with E-state index >= 15 is 0 Å². The lowest BCUT2D eigenvalue weighted by Crippen LogP contribution is -2.43. The Balaban J connectivity index is 2.41. The molecule has 0 aliphatic carbocycles. The fourth-order valence-corrected chi connectivity index (χ4v) is 4.25. The summed E-state index contributed by atoms with van der Waals surface area (Å²) in [4.78, 5) is 14.2. The SMILES string of the molecule is C=CCOc1cc(Cl)c(Cl)cc1/C(=N/S(=O)C(C)(C)C)C1CCN(C(=O)OC(C)(C)C)CC1. The first-order valence-corrected chi connectivity index (χ1v) is 12.8. The van der Waals surface area contributed by atoms with E-state index in [1.165, 1.54) is 0 Å². The van der Waals surface area contributed by atoms with E-state index in [2.05, 4.69) is 11.0 Å². The van der Waals surface area contributed by atoms with Gasteiger partial charge in [-0.3, -0.25) is 0 Å². The molecule has 184 valence electrons. The van der Waals surface area contributed by atoms with Crippen molar-refractivity contribution in [2.45, 2.75) is 64.7 Å². The first-order valence-electron chi connectivity index (χ1n) is 10.9. The summed E-state index contributed by atoms with van der Waals surface area (Å²) in [6, 6.07) is 3.36. The highest BCUT2D eigenvalue weighted by molar-refractivity contribution is 7.85. The number of piperidine rings is 1. The van der Waals surface area contributed by atoms with E-state index in [-0.39, 0.29) is 18.6 Å². The van der Waals surface area contributed by atoms with Gasteiger partial charge < -0.3 is 14.4 Å². The summed E-state index contributed by atoms with van der Waals surface area (Å²) in [5, 5.41) is 0.716. The van der Waals surface area contributed by atoms with E-state index in [1.807, 2.05) is 41.5 Å². The zero-order valence-electron chi connectivity index (χ0n) is 20.2. The maximum atomic E-state index is 13.0. The average molecular weight is 518 g/mol. The number of carbonyl (C=O) groups is 1. The number of benzene rings is 1. The van der Waals surface area contributed by atoms with Crippen molar-refractivity contribution in [1.82, 2.24) is 4.90 Å². The molecule has 0 saturated carbocycles. The van der Waals surface area contributed by atoms with Gasteiger partial charge in [0, 0.05) is 30.6 Å². The van der Waals surface area contributed by atoms with Crippen LogP contribution in [0.5, 0.6) is 5.75 Å². The molecule has 1 aliphatic rings. The third-order valence-corrected chi connectivity index (χ3v) is 7.03. The second-order valence-corrected chi connectivity index (χ2v) is 12.7. The summed E-state index contributed by atoms with van der Waals surface area (Å²) < 4.78 is 28.5. The number of amides is 1. The summed E-state index contributed by atoms with van der Waals surface area (Å²) in [7, 11) is -1.50. The van der Waals surface area contributed by atoms with Crippen LogP contribution in [-0.2, 0) is 15.7 Å². The van der Waals surface area contributed by atoms with Crippen LogP contribution in [0.15, 0.2) is 29.2 Å². The molecular weight excluding hydrogens is 483 g/mol. The number of ether oxygens (including phenoxy) is 2. The number of nitrogens with zero attached hydrogens (tertiary/aromatic N) is 2. The van der Waals surface area contributed by atoms with Crippen molar-refractivity contribution in [3.05, 3.63) is 40.4 Å². The van der Waals surface area contributed by atoms with Gasteiger partial charge in [-0.2, -0.15) is 4.40 Å². The Kier molecular flexibility index (Phi) is 9.42. The van der Waals surface area contributed by atoms with Crippen LogP contribution in [0.3, 0.4) is 0 Å². The quantitative estimate of drug-likeness (QED) is 0.321. The summed E-state index contributed by atoms with van der Waals surface area (Å²) in [6.07, 6.45) is 2.58. The minimum Gasteiger partial charge on any atom is -0.489 e. The number of carbonyl (C=O) groups excluding carboxylic acids is 1. The average Bonchev–Trinajstić information content (AvgIpc) is 2.70. The topological polar surface area (TPSA) is 68.2 Å². The predicted molar refractivity (Wildman–Crippen MR) is 137 cm³/mol. The van der Waals surface area contributed by atoms with Gasteiger partial charge in [-0.05, 0) is 60.5 Å². The van der Waals surface area contributed by atoms with E-state index in [1.54, 1.807) is 23.1 Å². The van der Waals surface area contributed by atoms with Crippen LogP contribution in [0.1, 0.15) is 59.9 Å². The molecule has 1 aromatic rings. The number of hydrogen-bond acceptors (Lipinski definition) is 4. The van der Waals surface area contributed by atoms with Gasteiger partial charge in [-0.1, -0.05) is 35.9 Å². The summed E-state index contributed by atoms with van der Waals surface area (Å²) in [5.41, 5.74) is 0.742. The van der Waals surface area contributed by atoms with Crippen LogP contribution in [-0.4, -0.2) is 51.0 Å². The summed E-state index contributed by atoms with van der Waals surface area (Å²) in [6.45, 7) is 16.1. The summed E-state index contributed by atoms with van der Waals surface area (Å²) in [5.74, 6) is 0.460. The van der Waals surface area contributed by atoms with Gasteiger partial charge in [-0.15, -0.1) is 0 Å². The van der Waals surface area contributed by atoms with Crippen LogP contribution < -0.4 is 4.74 Å². The van der Waals surface area contributed by atoms with Gasteiger partial charge in [0.15, 0.2) is 0 Å². The Hall–Kier alpha value is -1.57. The zero-order valence-corrected chi connectivity index (χ0v) is 22.6. The molecule has 1 aliphatic heterocycles. The third kappa shape index (κ3) is 8.01. The third-order valence-electron chi connectivity index (χ3n) is 4.89. The van der Waals surface area contributed by atoms with Gasteiger partial charge in [0.05, 0.1) is 20.5 Å². The van der Waals surface area contributed by atoms with Crippen molar-refractivity contribution in [2.75, 3.05) is 19.7 Å². The molecule has 2 rings (SSSR count). The Labute approximate surface area is 209 Å². The molecule has 1 amide bonds. The van der Waals surface area contributed by atoms with Crippen LogP contribution in [0.4, 0.5) is 4.79 Å². The van der Waals surface area contributed by atoms with Crippen molar-refractivity contribution in [3.8, 4) is 5.75 Å². The second kappa shape index (κ2) is 11.2. The van der Waals surface area contributed by atoms with Crippen molar-refractivity contribution >= 4 is 46.0 Å². The van der Waals surface area contributed by atoms with Crippen LogP contribution in [0.25, 0.3) is 0 Å². The lowest BCUT2D eigenvalue weighted by molar-refractivity contribution is 0.0202. The van der Waals surface area contributed by atoms with E-state index in [0.717, 1.165) is 0 Å². The molecule has 1 fully saturated rings. The minimum absolute atomic E-state index is 0.0432. The molecule has 1 unspecified atom stereocenters. The van der Waals surface area contributed by atoms with E-state index < -0.39 is 21.3 Å². The Morgan fingerprint density at radius 3 is 2.27 bits per heavy atom. The van der Waals surface area contributed by atoms with Gasteiger partial charge in [0.25, 0.3) is 0 Å². The molecule has 0 bridgehead atoms. The fraction of sp³-hybridized carbons (Fsp3) is 0.583. The van der Waals surface area contributed by atoms with E-state index in [9.17, 15) is 9.00 Å². The van der Waals surface area contributed by atoms with Crippen LogP contribution in [0.2, 0.25) is 10.0 Å². The first-order chi connectivity index (χ1) is 15.2. The normalized spacial score (nSPS) is 17.0. The van der Waals surface area contributed by atoms with Gasteiger partial charge >= 0.3 is 6.09 Å². The Morgan fingerprint density at radius 2 is 1.76 bits per heavy atom. The van der Waals surface area contributed by atoms with Crippen molar-refractivity contribution in [3.63, 3.8) is 0 Å². The van der Waals surface area contributed by atoms with Gasteiger partial charge in [0.1, 0.15) is 28.9 Å². The minimum atomic E-state index is -1.50. The molecule has 33 heavy (non-hydrogen) atoms. The number of rotatable bonds is 6. The molecule has 0 N–H and O–H groups in total. The smallest absolute Gasteiger partial charge is 0.410 e. The van der Waals surface area contributed by atoms with E-state index in [4.69, 9.17) is 32.7 Å². The van der Waals surface area contributed by atoms with Crippen molar-refractivity contribution in [1.29, 1.82) is 0 Å². The Morgan fingerprint density at radius 1 is 1.18 bits per heavy atom. The van der Waals surface area contributed by atoms with Crippen LogP contribution >= 0.6 is 23.2 Å². The van der Waals surface area contributed by atoms with E-state index in [0.29, 0.717) is 53.0 Å². The van der Waals surface area contributed by atoms with Crippen molar-refractivity contribution < 1.29 is 18.5 Å². The standard InChI is InChI=1S/C24H34Cl2N2O4S/c1-8-13-31-20-15-19(26)18(25)14-17(20)21(27-33(30)24(5,6)7)16-9-11-28(12-10-16)22(29)32-23(2,3)4/h8,14-16H,1,9-13H2,2-7H3/b27-21+. The lowest BCUT2D eigenvalue weighted by Gasteiger charge is -2.34. The molecular formula is C24H34Cl2N2O4S. The van der Waals surface area contributed by atoms with Gasteiger partial charge in [0.2, 0.25) is 0 Å². The maximum absolute atomic E-state index is 13.0. The Bertz CT molecular complexity index is 928. The van der Waals surface area contributed by atoms with Gasteiger partial charge in [-0.25, -0.2) is 9.00 Å². The maximum Gasteiger partial charge on any atom is 0.410 e. The number of likely N-dealkylation sites (tertiary alicyclic amines) is 1. The molecule has 1 aromatic carbocycles. The molecule has 0 radical (unpaired) electrons. The monoisotopic (exact) mass is 516 g/mol. The first kappa shape index (κ1) is 27.7. The second-order valence-electron chi connectivity index (χ2n) is 9.94. The molecule has 1 heterocycles. The largest absolute Gasteiger partial charge is 0.489 e. The lowest BCUT2D eigenvalue weighted by atomic mass is 9.88. The number of hydrogen-bond donors (Lipinski definition) is 0. The molecule has 1 atom stereocenters. The molecule has 9 heteroatoms. The summed E-state index contributed by atoms with van der Waals surface area (Å²) >= 11 is 12.6. The molecule has 0 aromatic heterocycles. The van der Waals surface area contributed by atoms with Crippen LogP contribution in [0, 0.1) is 5.92 Å². The number of halogens is 2. The fourth-order valence-electron chi connectivity index (χ4n) is 3.23. The highest BCUT2D eigenvalue weighted by Gasteiger charge is 2.32. The molecule has 6 nitrogen and oxygen atoms in total. The highest BCUT2D eigenvalue weighted by atomic mass is 35.5. The predicted octanol–water partition coefficient (Wildman–Crippen LogP) is 6.46. The van der Waals surface area contributed by atoms with Crippen molar-refractivity contribution in [2.24, 2.45) is 10.3 Å².